The summed E-state index contributed by atoms with van der Waals surface area (Å²) in [5, 5.41) is 9.01. The minimum atomic E-state index is -4.49. The molecule has 3 rings (SSSR count). The first-order chi connectivity index (χ1) is 12.0. The second kappa shape index (κ2) is 7.26. The van der Waals surface area contributed by atoms with E-state index >= 15 is 0 Å². The van der Waals surface area contributed by atoms with Crippen molar-refractivity contribution in [3.8, 4) is 0 Å². The van der Waals surface area contributed by atoms with Crippen LogP contribution in [0.25, 0.3) is 0 Å². The summed E-state index contributed by atoms with van der Waals surface area (Å²) in [6.45, 7) is 4.02. The second-order valence-electron chi connectivity index (χ2n) is 5.92. The molecule has 1 aromatic heterocycles. The van der Waals surface area contributed by atoms with E-state index in [1.54, 1.807) is 0 Å². The molecule has 1 aliphatic heterocycles. The van der Waals surface area contributed by atoms with Gasteiger partial charge in [-0.3, -0.25) is 0 Å². The summed E-state index contributed by atoms with van der Waals surface area (Å²) in [5.74, 6) is -0.0678. The van der Waals surface area contributed by atoms with Crippen molar-refractivity contribution in [3.05, 3.63) is 41.1 Å². The van der Waals surface area contributed by atoms with E-state index < -0.39 is 11.7 Å². The van der Waals surface area contributed by atoms with Gasteiger partial charge in [0.15, 0.2) is 0 Å². The van der Waals surface area contributed by atoms with Gasteiger partial charge in [0.05, 0.1) is 0 Å². The maximum atomic E-state index is 13.1. The van der Waals surface area contributed by atoms with Gasteiger partial charge in [0.25, 0.3) is 0 Å². The van der Waals surface area contributed by atoms with Crippen LogP contribution in [0.15, 0.2) is 24.4 Å². The first-order valence-corrected chi connectivity index (χ1v) is 8.25. The van der Waals surface area contributed by atoms with E-state index in [1.807, 2.05) is 25.1 Å². The lowest BCUT2D eigenvalue weighted by Crippen LogP contribution is -2.23. The smallest absolute Gasteiger partial charge is 0.369 e. The minimum absolute atomic E-state index is 0.135. The Morgan fingerprint density at radius 1 is 1.24 bits per heavy atom. The fourth-order valence-electron chi connectivity index (χ4n) is 2.72. The molecule has 0 amide bonds. The lowest BCUT2D eigenvalue weighted by Gasteiger charge is -2.18. The van der Waals surface area contributed by atoms with Gasteiger partial charge in [0.1, 0.15) is 11.4 Å². The number of hydrogen-bond donors (Lipinski definition) is 3. The SMILES string of the molecule is CCCNc1nc(Nc2ccc3c(c2)CNCC3)ncc1C(F)(F)F. The zero-order valence-corrected chi connectivity index (χ0v) is 13.9. The Kier molecular flexibility index (Phi) is 5.08. The number of aromatic nitrogens is 2. The van der Waals surface area contributed by atoms with E-state index in [9.17, 15) is 13.2 Å². The molecule has 0 unspecified atom stereocenters. The number of rotatable bonds is 5. The molecule has 0 saturated heterocycles. The van der Waals surface area contributed by atoms with Crippen LogP contribution in [0.1, 0.15) is 30.0 Å². The highest BCUT2D eigenvalue weighted by Gasteiger charge is 2.35. The molecular formula is C17H20F3N5. The first kappa shape index (κ1) is 17.5. The maximum Gasteiger partial charge on any atom is 0.421 e. The fourth-order valence-corrected chi connectivity index (χ4v) is 2.72. The molecule has 1 aromatic carbocycles. The minimum Gasteiger partial charge on any atom is -0.369 e. The van der Waals surface area contributed by atoms with Gasteiger partial charge in [-0.15, -0.1) is 0 Å². The van der Waals surface area contributed by atoms with Gasteiger partial charge in [0, 0.05) is 25.0 Å². The van der Waals surface area contributed by atoms with E-state index in [0.29, 0.717) is 13.0 Å². The molecule has 0 aliphatic carbocycles. The summed E-state index contributed by atoms with van der Waals surface area (Å²) < 4.78 is 39.2. The standard InChI is InChI=1S/C17H20F3N5/c1-2-6-22-15-14(17(18,19)20)10-23-16(25-15)24-13-4-3-11-5-7-21-9-12(11)8-13/h3-4,8,10,21H,2,5-7,9H2,1H3,(H2,22,23,24,25). The van der Waals surface area contributed by atoms with Gasteiger partial charge < -0.3 is 16.0 Å². The van der Waals surface area contributed by atoms with Crippen LogP contribution >= 0.6 is 0 Å². The van der Waals surface area contributed by atoms with Crippen LogP contribution in [0.5, 0.6) is 0 Å². The van der Waals surface area contributed by atoms with Crippen molar-refractivity contribution in [2.45, 2.75) is 32.5 Å². The van der Waals surface area contributed by atoms with Crippen molar-refractivity contribution in [2.75, 3.05) is 23.7 Å². The highest BCUT2D eigenvalue weighted by Crippen LogP contribution is 2.34. The van der Waals surface area contributed by atoms with Gasteiger partial charge in [-0.25, -0.2) is 4.98 Å². The van der Waals surface area contributed by atoms with Crippen LogP contribution in [-0.2, 0) is 19.1 Å². The summed E-state index contributed by atoms with van der Waals surface area (Å²) in [6, 6.07) is 5.89. The molecule has 134 valence electrons. The van der Waals surface area contributed by atoms with Gasteiger partial charge in [-0.2, -0.15) is 18.2 Å². The quantitative estimate of drug-likeness (QED) is 0.767. The Bertz CT molecular complexity index is 746. The lowest BCUT2D eigenvalue weighted by molar-refractivity contribution is -0.137. The van der Waals surface area contributed by atoms with Crippen molar-refractivity contribution < 1.29 is 13.2 Å². The van der Waals surface area contributed by atoms with Gasteiger partial charge in [-0.05, 0) is 42.6 Å². The van der Waals surface area contributed by atoms with Crippen molar-refractivity contribution in [2.24, 2.45) is 0 Å². The summed E-state index contributed by atoms with van der Waals surface area (Å²) >= 11 is 0. The molecule has 25 heavy (non-hydrogen) atoms. The first-order valence-electron chi connectivity index (χ1n) is 8.25. The third-order valence-corrected chi connectivity index (χ3v) is 3.99. The van der Waals surface area contributed by atoms with E-state index in [1.165, 1.54) is 11.1 Å². The van der Waals surface area contributed by atoms with Crippen LogP contribution in [-0.4, -0.2) is 23.1 Å². The highest BCUT2D eigenvalue weighted by molar-refractivity contribution is 5.58. The Labute approximate surface area is 144 Å². The molecule has 5 nitrogen and oxygen atoms in total. The van der Waals surface area contributed by atoms with Gasteiger partial charge in [0.2, 0.25) is 5.95 Å². The number of nitrogens with one attached hydrogen (secondary N) is 3. The van der Waals surface area contributed by atoms with Crippen LogP contribution in [0, 0.1) is 0 Å². The van der Waals surface area contributed by atoms with E-state index in [-0.39, 0.29) is 11.8 Å². The third-order valence-electron chi connectivity index (χ3n) is 3.99. The Morgan fingerprint density at radius 3 is 2.84 bits per heavy atom. The molecule has 2 heterocycles. The molecule has 1 aliphatic rings. The normalized spacial score (nSPS) is 14.1. The molecule has 0 bridgehead atoms. The monoisotopic (exact) mass is 351 g/mol. The largest absolute Gasteiger partial charge is 0.421 e. The van der Waals surface area contributed by atoms with E-state index in [4.69, 9.17) is 0 Å². The Balaban J connectivity index is 1.84. The zero-order valence-electron chi connectivity index (χ0n) is 13.9. The molecule has 2 aromatic rings. The number of hydrogen-bond acceptors (Lipinski definition) is 5. The summed E-state index contributed by atoms with van der Waals surface area (Å²) in [5.41, 5.74) is 2.35. The van der Waals surface area contributed by atoms with Crippen LogP contribution < -0.4 is 16.0 Å². The topological polar surface area (TPSA) is 61.9 Å². The van der Waals surface area contributed by atoms with Gasteiger partial charge >= 0.3 is 6.18 Å². The predicted octanol–water partition coefficient (Wildman–Crippen LogP) is 3.71. The average molecular weight is 351 g/mol. The number of fused-ring (bicyclic) bond motifs is 1. The van der Waals surface area contributed by atoms with Crippen LogP contribution in [0.4, 0.5) is 30.6 Å². The van der Waals surface area contributed by atoms with E-state index in [0.717, 1.165) is 31.4 Å². The number of halogens is 3. The average Bonchev–Trinajstić information content (AvgIpc) is 2.59. The molecule has 0 spiro atoms. The highest BCUT2D eigenvalue weighted by atomic mass is 19.4. The molecule has 0 atom stereocenters. The van der Waals surface area contributed by atoms with E-state index in [2.05, 4.69) is 25.9 Å². The molecule has 3 N–H and O–H groups in total. The molecule has 0 fully saturated rings. The number of benzene rings is 1. The van der Waals surface area contributed by atoms with Crippen molar-refractivity contribution in [1.29, 1.82) is 0 Å². The maximum absolute atomic E-state index is 13.1. The lowest BCUT2D eigenvalue weighted by atomic mass is 10.0. The predicted molar refractivity (Wildman–Crippen MR) is 91.0 cm³/mol. The molecule has 0 saturated carbocycles. The number of alkyl halides is 3. The zero-order chi connectivity index (χ0) is 17.9. The number of nitrogens with zero attached hydrogens (tertiary/aromatic N) is 2. The molecule has 8 heteroatoms. The Hall–Kier alpha value is -2.35. The second-order valence-corrected chi connectivity index (χ2v) is 5.92. The van der Waals surface area contributed by atoms with Crippen molar-refractivity contribution in [1.82, 2.24) is 15.3 Å². The summed E-state index contributed by atoms with van der Waals surface area (Å²) in [4.78, 5) is 7.84. The van der Waals surface area contributed by atoms with Crippen molar-refractivity contribution >= 4 is 17.5 Å². The van der Waals surface area contributed by atoms with Crippen LogP contribution in [0.3, 0.4) is 0 Å². The molecule has 0 radical (unpaired) electrons. The summed E-state index contributed by atoms with van der Waals surface area (Å²) in [7, 11) is 0. The van der Waals surface area contributed by atoms with Crippen molar-refractivity contribution in [3.63, 3.8) is 0 Å². The Morgan fingerprint density at radius 2 is 2.08 bits per heavy atom. The third kappa shape index (κ3) is 4.19. The molecular weight excluding hydrogens is 331 g/mol. The van der Waals surface area contributed by atoms with Crippen LogP contribution in [0.2, 0.25) is 0 Å². The fraction of sp³-hybridized carbons (Fsp3) is 0.412. The van der Waals surface area contributed by atoms with Gasteiger partial charge in [-0.1, -0.05) is 13.0 Å². The summed E-state index contributed by atoms with van der Waals surface area (Å²) in [6.07, 6.45) is -2.02. The number of anilines is 3.